The van der Waals surface area contributed by atoms with Crippen LogP contribution in [0.5, 0.6) is 0 Å². The molecule has 4 heteroatoms. The van der Waals surface area contributed by atoms with E-state index in [0.717, 1.165) is 18.9 Å². The summed E-state index contributed by atoms with van der Waals surface area (Å²) in [6, 6.07) is 4.17. The molecule has 4 rings (SSSR count). The second-order valence-corrected chi connectivity index (χ2v) is 5.42. The van der Waals surface area contributed by atoms with Crippen molar-refractivity contribution in [3.05, 3.63) is 42.6 Å². The summed E-state index contributed by atoms with van der Waals surface area (Å²) in [5.74, 6) is 0.728. The molecule has 0 unspecified atom stereocenters. The van der Waals surface area contributed by atoms with Crippen LogP contribution in [0.1, 0.15) is 19.0 Å². The molecule has 4 nitrogen and oxygen atoms in total. The van der Waals surface area contributed by atoms with Crippen LogP contribution in [0.2, 0.25) is 0 Å². The minimum Gasteiger partial charge on any atom is -0.313 e. The molecular weight excluding hydrogens is 236 g/mol. The third-order valence-corrected chi connectivity index (χ3v) is 4.04. The van der Waals surface area contributed by atoms with Gasteiger partial charge in [-0.15, -0.1) is 0 Å². The quantitative estimate of drug-likeness (QED) is 0.667. The summed E-state index contributed by atoms with van der Waals surface area (Å²) in [4.78, 5) is 4.17. The zero-order chi connectivity index (χ0) is 12.8. The molecule has 96 valence electrons. The minimum atomic E-state index is 0.728. The molecular formula is C15H16N4. The Morgan fingerprint density at radius 1 is 1.26 bits per heavy atom. The van der Waals surface area contributed by atoms with Crippen molar-refractivity contribution < 1.29 is 0 Å². The molecule has 0 aliphatic carbocycles. The topological polar surface area (TPSA) is 35.6 Å². The van der Waals surface area contributed by atoms with E-state index in [1.165, 1.54) is 28.7 Å². The van der Waals surface area contributed by atoms with Crippen molar-refractivity contribution in [1.29, 1.82) is 0 Å². The number of hydrogen-bond acceptors (Lipinski definition) is 2. The summed E-state index contributed by atoms with van der Waals surface area (Å²) in [6.45, 7) is 3.33. The Morgan fingerprint density at radius 3 is 3.16 bits per heavy atom. The lowest BCUT2D eigenvalue weighted by atomic mass is 10.00. The van der Waals surface area contributed by atoms with Gasteiger partial charge in [0.15, 0.2) is 0 Å². The van der Waals surface area contributed by atoms with E-state index in [1.54, 1.807) is 0 Å². The molecule has 0 saturated carbocycles. The Kier molecular flexibility index (Phi) is 2.24. The van der Waals surface area contributed by atoms with E-state index in [9.17, 15) is 0 Å². The van der Waals surface area contributed by atoms with E-state index in [0.29, 0.717) is 0 Å². The van der Waals surface area contributed by atoms with Crippen LogP contribution in [-0.2, 0) is 13.0 Å². The first kappa shape index (κ1) is 10.8. The molecule has 4 heterocycles. The molecule has 0 aromatic carbocycles. The number of nitrogens with zero attached hydrogens (tertiary/aromatic N) is 4. The molecule has 19 heavy (non-hydrogen) atoms. The molecule has 1 atom stereocenters. The maximum atomic E-state index is 4.55. The smallest absolute Gasteiger partial charge is 0.0870 e. The van der Waals surface area contributed by atoms with Gasteiger partial charge in [-0.3, -0.25) is 9.67 Å². The van der Waals surface area contributed by atoms with Crippen molar-refractivity contribution in [2.75, 3.05) is 0 Å². The molecule has 1 aliphatic heterocycles. The molecule has 3 aromatic rings. The molecule has 0 spiro atoms. The van der Waals surface area contributed by atoms with Gasteiger partial charge in [0, 0.05) is 30.5 Å². The first-order valence-electron chi connectivity index (χ1n) is 6.79. The van der Waals surface area contributed by atoms with E-state index < -0.39 is 0 Å². The first-order chi connectivity index (χ1) is 9.33. The summed E-state index contributed by atoms with van der Waals surface area (Å²) in [6.07, 6.45) is 10.2. The normalized spacial score (nSPS) is 18.7. The zero-order valence-corrected chi connectivity index (χ0v) is 11.0. The summed E-state index contributed by atoms with van der Waals surface area (Å²) in [5, 5.41) is 5.72. The number of hydrogen-bond donors (Lipinski definition) is 0. The Bertz CT molecular complexity index is 738. The molecule has 0 saturated heterocycles. The molecule has 0 fully saturated rings. The molecule has 0 bridgehead atoms. The van der Waals surface area contributed by atoms with Crippen LogP contribution in [0.25, 0.3) is 16.6 Å². The lowest BCUT2D eigenvalue weighted by Gasteiger charge is -2.21. The van der Waals surface area contributed by atoms with Gasteiger partial charge in [0.1, 0.15) is 0 Å². The fourth-order valence-corrected chi connectivity index (χ4v) is 2.98. The third-order valence-electron chi connectivity index (χ3n) is 4.04. The lowest BCUT2D eigenvalue weighted by Crippen LogP contribution is -2.19. The van der Waals surface area contributed by atoms with E-state index in [2.05, 4.69) is 44.6 Å². The Hall–Kier alpha value is -2.10. The second kappa shape index (κ2) is 3.95. The Labute approximate surface area is 111 Å². The van der Waals surface area contributed by atoms with Crippen LogP contribution < -0.4 is 0 Å². The van der Waals surface area contributed by atoms with Crippen LogP contribution in [0.15, 0.2) is 36.9 Å². The fourth-order valence-electron chi connectivity index (χ4n) is 2.98. The van der Waals surface area contributed by atoms with Crippen molar-refractivity contribution in [3.8, 4) is 5.69 Å². The molecule has 1 aliphatic rings. The van der Waals surface area contributed by atoms with Gasteiger partial charge in [0.25, 0.3) is 0 Å². The average Bonchev–Trinajstić information content (AvgIpc) is 3.01. The van der Waals surface area contributed by atoms with Crippen LogP contribution in [0.4, 0.5) is 0 Å². The van der Waals surface area contributed by atoms with E-state index in [1.807, 2.05) is 18.6 Å². The van der Waals surface area contributed by atoms with E-state index in [4.69, 9.17) is 0 Å². The highest BCUT2D eigenvalue weighted by Gasteiger charge is 2.20. The first-order valence-corrected chi connectivity index (χ1v) is 6.79. The maximum absolute atomic E-state index is 4.55. The summed E-state index contributed by atoms with van der Waals surface area (Å²) >= 11 is 0. The van der Waals surface area contributed by atoms with Gasteiger partial charge in [-0.1, -0.05) is 6.92 Å². The van der Waals surface area contributed by atoms with Gasteiger partial charge in [0.05, 0.1) is 23.1 Å². The second-order valence-electron chi connectivity index (χ2n) is 5.42. The molecule has 0 radical (unpaired) electrons. The highest BCUT2D eigenvalue weighted by Crippen LogP contribution is 2.27. The average molecular weight is 252 g/mol. The van der Waals surface area contributed by atoms with Crippen molar-refractivity contribution in [3.63, 3.8) is 0 Å². The van der Waals surface area contributed by atoms with E-state index in [-0.39, 0.29) is 0 Å². The fraction of sp³-hybridized carbons (Fsp3) is 0.333. The maximum Gasteiger partial charge on any atom is 0.0870 e. The number of rotatable bonds is 1. The number of pyridine rings is 1. The Balaban J connectivity index is 1.89. The highest BCUT2D eigenvalue weighted by atomic mass is 15.3. The Morgan fingerprint density at radius 2 is 2.21 bits per heavy atom. The van der Waals surface area contributed by atoms with Gasteiger partial charge in [-0.2, -0.15) is 5.10 Å². The van der Waals surface area contributed by atoms with Gasteiger partial charge >= 0.3 is 0 Å². The lowest BCUT2D eigenvalue weighted by molar-refractivity contribution is 0.372. The van der Waals surface area contributed by atoms with Crippen molar-refractivity contribution in [2.24, 2.45) is 5.92 Å². The highest BCUT2D eigenvalue weighted by molar-refractivity contribution is 5.80. The van der Waals surface area contributed by atoms with Crippen LogP contribution >= 0.6 is 0 Å². The summed E-state index contributed by atoms with van der Waals surface area (Å²) < 4.78 is 4.39. The number of aromatic nitrogens is 4. The van der Waals surface area contributed by atoms with Gasteiger partial charge in [-0.05, 0) is 30.9 Å². The molecule has 3 aromatic heterocycles. The van der Waals surface area contributed by atoms with Crippen molar-refractivity contribution in [1.82, 2.24) is 19.3 Å². The monoisotopic (exact) mass is 252 g/mol. The number of fused-ring (bicyclic) bond motifs is 2. The van der Waals surface area contributed by atoms with E-state index >= 15 is 0 Å². The van der Waals surface area contributed by atoms with Crippen LogP contribution in [0, 0.1) is 5.92 Å². The predicted octanol–water partition coefficient (Wildman–Crippen LogP) is 2.80. The summed E-state index contributed by atoms with van der Waals surface area (Å²) in [5.41, 5.74) is 3.77. The SMILES string of the molecule is C[C@H]1CCc2c(-n3ccc4cnccc43)cnn2C1. The minimum absolute atomic E-state index is 0.728. The van der Waals surface area contributed by atoms with Gasteiger partial charge < -0.3 is 4.57 Å². The largest absolute Gasteiger partial charge is 0.313 e. The molecule has 0 amide bonds. The molecule has 0 N–H and O–H groups in total. The standard InChI is InChI=1S/C15H16N4/c1-11-2-3-14-15(9-17-19(14)10-11)18-7-5-12-8-16-6-4-13(12)18/h4-9,11H,2-3,10H2,1H3/t11-/m0/s1. The summed E-state index contributed by atoms with van der Waals surface area (Å²) in [7, 11) is 0. The van der Waals surface area contributed by atoms with Crippen molar-refractivity contribution >= 4 is 10.9 Å². The van der Waals surface area contributed by atoms with Gasteiger partial charge in [0.2, 0.25) is 0 Å². The third kappa shape index (κ3) is 1.59. The van der Waals surface area contributed by atoms with Crippen LogP contribution in [-0.4, -0.2) is 19.3 Å². The van der Waals surface area contributed by atoms with Crippen molar-refractivity contribution in [2.45, 2.75) is 26.3 Å². The predicted molar refractivity (Wildman–Crippen MR) is 74.3 cm³/mol. The zero-order valence-electron chi connectivity index (χ0n) is 11.0. The van der Waals surface area contributed by atoms with Crippen LogP contribution in [0.3, 0.4) is 0 Å². The van der Waals surface area contributed by atoms with Gasteiger partial charge in [-0.25, -0.2) is 0 Å².